The molecule has 0 spiro atoms. The third-order valence-corrected chi connectivity index (χ3v) is 4.92. The molecule has 0 fully saturated rings. The van der Waals surface area contributed by atoms with E-state index in [2.05, 4.69) is 5.32 Å². The molecule has 0 saturated carbocycles. The summed E-state index contributed by atoms with van der Waals surface area (Å²) >= 11 is 0. The lowest BCUT2D eigenvalue weighted by Gasteiger charge is -2.14. The highest BCUT2D eigenvalue weighted by molar-refractivity contribution is 5.99. The number of benzene rings is 2. The molecule has 1 amide bonds. The van der Waals surface area contributed by atoms with Crippen LogP contribution in [-0.4, -0.2) is 56.4 Å². The summed E-state index contributed by atoms with van der Waals surface area (Å²) in [4.78, 5) is 45.3. The summed E-state index contributed by atoms with van der Waals surface area (Å²) in [5, 5.41) is 30.0. The number of carbonyl (C=O) groups is 4. The van der Waals surface area contributed by atoms with Gasteiger partial charge in [-0.2, -0.15) is 0 Å². The van der Waals surface area contributed by atoms with Crippen molar-refractivity contribution in [1.82, 2.24) is 9.88 Å². The second-order valence-corrected chi connectivity index (χ2v) is 7.34. The van der Waals surface area contributed by atoms with Crippen molar-refractivity contribution in [3.05, 3.63) is 65.9 Å². The number of carbonyl (C=O) groups excluding carboxylic acids is 1. The fraction of sp³-hybridized carbons (Fsp3) is 0.217. The van der Waals surface area contributed by atoms with Crippen LogP contribution in [0.25, 0.3) is 10.9 Å². The van der Waals surface area contributed by atoms with Crippen LogP contribution in [0.4, 0.5) is 0 Å². The van der Waals surface area contributed by atoms with Gasteiger partial charge in [0.05, 0.1) is 0 Å². The molecule has 3 aromatic rings. The second kappa shape index (κ2) is 10.3. The summed E-state index contributed by atoms with van der Waals surface area (Å²) in [6, 6.07) is 12.5. The van der Waals surface area contributed by atoms with E-state index in [0.29, 0.717) is 12.3 Å². The van der Waals surface area contributed by atoms with Gasteiger partial charge in [-0.05, 0) is 47.7 Å². The predicted molar refractivity (Wildman–Crippen MR) is 116 cm³/mol. The molecule has 10 nitrogen and oxygen atoms in total. The van der Waals surface area contributed by atoms with Crippen molar-refractivity contribution in [2.45, 2.75) is 25.4 Å². The Hall–Kier alpha value is -4.34. The van der Waals surface area contributed by atoms with E-state index in [9.17, 15) is 24.3 Å². The first-order valence-electron chi connectivity index (χ1n) is 10.0. The average molecular weight is 454 g/mol. The van der Waals surface area contributed by atoms with E-state index in [0.717, 1.165) is 16.5 Å². The number of nitrogens with one attached hydrogen (secondary N) is 1. The Morgan fingerprint density at radius 2 is 1.67 bits per heavy atom. The van der Waals surface area contributed by atoms with Crippen LogP contribution in [-0.2, 0) is 20.9 Å². The standard InChI is InChI=1S/C23H22N2O8/c26-20(27)8-7-18(23(31)32)24-22(30)16-4-3-15-9-10-25(19(15)11-16)12-14-1-5-17(6-2-14)33-13-21(28)29/h1-6,9-11,18H,7-8,12-13H2,(H,24,30)(H,26,27)(H,28,29)(H,31,32)/t18-/m1/s1. The summed E-state index contributed by atoms with van der Waals surface area (Å²) in [5.41, 5.74) is 1.93. The number of hydrogen-bond donors (Lipinski definition) is 4. The Morgan fingerprint density at radius 3 is 2.30 bits per heavy atom. The van der Waals surface area contributed by atoms with Gasteiger partial charge in [-0.25, -0.2) is 9.59 Å². The van der Waals surface area contributed by atoms with E-state index < -0.39 is 36.5 Å². The van der Waals surface area contributed by atoms with E-state index >= 15 is 0 Å². The molecule has 1 aromatic heterocycles. The molecule has 0 bridgehead atoms. The number of rotatable bonds is 11. The zero-order valence-corrected chi connectivity index (χ0v) is 17.4. The highest BCUT2D eigenvalue weighted by Crippen LogP contribution is 2.20. The zero-order valence-electron chi connectivity index (χ0n) is 17.4. The fourth-order valence-electron chi connectivity index (χ4n) is 3.26. The minimum atomic E-state index is -1.31. The van der Waals surface area contributed by atoms with Crippen LogP contribution in [0.1, 0.15) is 28.8 Å². The minimum Gasteiger partial charge on any atom is -0.482 e. The number of carboxylic acids is 3. The van der Waals surface area contributed by atoms with Crippen LogP contribution in [0.5, 0.6) is 5.75 Å². The monoisotopic (exact) mass is 454 g/mol. The van der Waals surface area contributed by atoms with Gasteiger partial charge >= 0.3 is 17.9 Å². The van der Waals surface area contributed by atoms with Crippen molar-refractivity contribution in [3.63, 3.8) is 0 Å². The van der Waals surface area contributed by atoms with Gasteiger partial charge in [0, 0.05) is 30.2 Å². The first kappa shape index (κ1) is 23.3. The zero-order chi connectivity index (χ0) is 24.0. The number of aromatic nitrogens is 1. The average Bonchev–Trinajstić information content (AvgIpc) is 3.17. The summed E-state index contributed by atoms with van der Waals surface area (Å²) < 4.78 is 7.04. The Bertz CT molecular complexity index is 1180. The molecule has 1 atom stereocenters. The molecule has 33 heavy (non-hydrogen) atoms. The Balaban J connectivity index is 1.74. The maximum Gasteiger partial charge on any atom is 0.341 e. The number of amides is 1. The predicted octanol–water partition coefficient (Wildman–Crippen LogP) is 2.20. The number of nitrogens with zero attached hydrogens (tertiary/aromatic N) is 1. The van der Waals surface area contributed by atoms with Crippen LogP contribution < -0.4 is 10.1 Å². The van der Waals surface area contributed by atoms with Gasteiger partial charge in [0.25, 0.3) is 5.91 Å². The first-order chi connectivity index (χ1) is 15.7. The molecule has 4 N–H and O–H groups in total. The van der Waals surface area contributed by atoms with Crippen molar-refractivity contribution >= 4 is 34.7 Å². The number of ether oxygens (including phenoxy) is 1. The summed E-state index contributed by atoms with van der Waals surface area (Å²) in [6.07, 6.45) is 1.26. The van der Waals surface area contributed by atoms with Gasteiger partial charge in [0.15, 0.2) is 6.61 Å². The number of aliphatic carboxylic acids is 3. The third-order valence-electron chi connectivity index (χ3n) is 4.92. The quantitative estimate of drug-likeness (QED) is 0.344. The highest BCUT2D eigenvalue weighted by atomic mass is 16.5. The minimum absolute atomic E-state index is 0.221. The van der Waals surface area contributed by atoms with Crippen molar-refractivity contribution in [2.75, 3.05) is 6.61 Å². The highest BCUT2D eigenvalue weighted by Gasteiger charge is 2.22. The van der Waals surface area contributed by atoms with Crippen LogP contribution in [0, 0.1) is 0 Å². The summed E-state index contributed by atoms with van der Waals surface area (Å²) in [6.45, 7) is 0.0512. The molecule has 0 unspecified atom stereocenters. The fourth-order valence-corrected chi connectivity index (χ4v) is 3.26. The second-order valence-electron chi connectivity index (χ2n) is 7.34. The lowest BCUT2D eigenvalue weighted by molar-refractivity contribution is -0.141. The van der Waals surface area contributed by atoms with E-state index in [4.69, 9.17) is 14.9 Å². The molecule has 3 rings (SSSR count). The number of fused-ring (bicyclic) bond motifs is 1. The van der Waals surface area contributed by atoms with Crippen molar-refractivity contribution in [1.29, 1.82) is 0 Å². The SMILES string of the molecule is O=C(O)CC[C@@H](NC(=O)c1ccc2ccn(Cc3ccc(OCC(=O)O)cc3)c2c1)C(=O)O. The van der Waals surface area contributed by atoms with Crippen molar-refractivity contribution < 1.29 is 39.2 Å². The maximum atomic E-state index is 12.6. The molecular formula is C23H22N2O8. The molecular weight excluding hydrogens is 432 g/mol. The molecule has 0 aliphatic heterocycles. The van der Waals surface area contributed by atoms with Gasteiger partial charge in [-0.15, -0.1) is 0 Å². The largest absolute Gasteiger partial charge is 0.482 e. The molecule has 1 heterocycles. The lowest BCUT2D eigenvalue weighted by atomic mass is 10.1. The van der Waals surface area contributed by atoms with Gasteiger partial charge in [0.1, 0.15) is 11.8 Å². The summed E-state index contributed by atoms with van der Waals surface area (Å²) in [5.74, 6) is -3.67. The Morgan fingerprint density at radius 1 is 0.939 bits per heavy atom. The van der Waals surface area contributed by atoms with Crippen LogP contribution in [0.3, 0.4) is 0 Å². The van der Waals surface area contributed by atoms with Gasteiger partial charge in [-0.1, -0.05) is 18.2 Å². The molecule has 0 aliphatic rings. The van der Waals surface area contributed by atoms with Gasteiger partial charge < -0.3 is 29.9 Å². The maximum absolute atomic E-state index is 12.6. The van der Waals surface area contributed by atoms with Gasteiger partial charge in [-0.3, -0.25) is 9.59 Å². The Kier molecular flexibility index (Phi) is 7.29. The molecule has 10 heteroatoms. The van der Waals surface area contributed by atoms with Crippen LogP contribution >= 0.6 is 0 Å². The summed E-state index contributed by atoms with van der Waals surface area (Å²) in [7, 11) is 0. The van der Waals surface area contributed by atoms with Crippen molar-refractivity contribution in [2.24, 2.45) is 0 Å². The smallest absolute Gasteiger partial charge is 0.341 e. The molecule has 0 saturated heterocycles. The van der Waals surface area contributed by atoms with Crippen LogP contribution in [0.15, 0.2) is 54.7 Å². The normalized spacial score (nSPS) is 11.6. The lowest BCUT2D eigenvalue weighted by Crippen LogP contribution is -2.41. The molecule has 0 radical (unpaired) electrons. The molecule has 2 aromatic carbocycles. The van der Waals surface area contributed by atoms with E-state index in [1.165, 1.54) is 0 Å². The van der Waals surface area contributed by atoms with Gasteiger partial charge in [0.2, 0.25) is 0 Å². The van der Waals surface area contributed by atoms with E-state index in [1.807, 2.05) is 16.8 Å². The number of hydrogen-bond acceptors (Lipinski definition) is 5. The first-order valence-corrected chi connectivity index (χ1v) is 10.0. The Labute approximate surface area is 188 Å². The number of carboxylic acid groups (broad SMARTS) is 3. The third kappa shape index (κ3) is 6.33. The van der Waals surface area contributed by atoms with E-state index in [-0.39, 0.29) is 18.4 Å². The van der Waals surface area contributed by atoms with Crippen LogP contribution in [0.2, 0.25) is 0 Å². The van der Waals surface area contributed by atoms with Crippen molar-refractivity contribution in [3.8, 4) is 5.75 Å². The van der Waals surface area contributed by atoms with E-state index in [1.54, 1.807) is 42.5 Å². The topological polar surface area (TPSA) is 155 Å². The molecule has 0 aliphatic carbocycles. The molecule has 172 valence electrons.